The lowest BCUT2D eigenvalue weighted by molar-refractivity contribution is 0.0778. The lowest BCUT2D eigenvalue weighted by Crippen LogP contribution is -2.45. The molecule has 0 aromatic heterocycles. The second-order valence-electron chi connectivity index (χ2n) is 5.70. The first-order valence-electron chi connectivity index (χ1n) is 7.57. The number of thioether (sulfide) groups is 1. The number of guanidine groups is 1. The first-order chi connectivity index (χ1) is 9.22. The summed E-state index contributed by atoms with van der Waals surface area (Å²) in [5, 5.41) is 17.1. The molecule has 2 fully saturated rings. The summed E-state index contributed by atoms with van der Waals surface area (Å²) in [5.41, 5.74) is -0.584. The van der Waals surface area contributed by atoms with Crippen LogP contribution in [0.1, 0.15) is 45.4 Å². The van der Waals surface area contributed by atoms with Crippen LogP contribution in [0.25, 0.3) is 0 Å². The monoisotopic (exact) mass is 413 g/mol. The van der Waals surface area contributed by atoms with Gasteiger partial charge in [-0.25, -0.2) is 0 Å². The smallest absolute Gasteiger partial charge is 0.191 e. The molecular formula is C14H28IN3OS. The van der Waals surface area contributed by atoms with Crippen molar-refractivity contribution in [1.82, 2.24) is 10.6 Å². The third-order valence-electron chi connectivity index (χ3n) is 3.90. The van der Waals surface area contributed by atoms with E-state index in [-0.39, 0.29) is 24.0 Å². The van der Waals surface area contributed by atoms with Crippen LogP contribution in [0.5, 0.6) is 0 Å². The Hall–Kier alpha value is 0.310. The molecule has 1 saturated carbocycles. The van der Waals surface area contributed by atoms with E-state index in [0.717, 1.165) is 30.4 Å². The molecule has 0 aromatic rings. The molecule has 3 N–H and O–H groups in total. The molecule has 1 unspecified atom stereocenters. The summed E-state index contributed by atoms with van der Waals surface area (Å²) >= 11 is 1.82. The van der Waals surface area contributed by atoms with Gasteiger partial charge in [0.1, 0.15) is 0 Å². The maximum atomic E-state index is 10.3. The molecule has 118 valence electrons. The number of aliphatic imine (C=N–C) groups is 1. The van der Waals surface area contributed by atoms with Gasteiger partial charge in [0.25, 0.3) is 0 Å². The molecule has 20 heavy (non-hydrogen) atoms. The molecule has 0 bridgehead atoms. The number of aliphatic hydroxyl groups is 1. The van der Waals surface area contributed by atoms with Crippen molar-refractivity contribution >= 4 is 41.7 Å². The van der Waals surface area contributed by atoms with E-state index in [1.54, 1.807) is 0 Å². The summed E-state index contributed by atoms with van der Waals surface area (Å²) in [7, 11) is 0. The van der Waals surface area contributed by atoms with Gasteiger partial charge >= 0.3 is 0 Å². The van der Waals surface area contributed by atoms with Gasteiger partial charge in [-0.1, -0.05) is 19.3 Å². The average molecular weight is 413 g/mol. The summed E-state index contributed by atoms with van der Waals surface area (Å²) in [4.78, 5) is 4.59. The number of rotatable bonds is 4. The van der Waals surface area contributed by atoms with Crippen LogP contribution in [-0.4, -0.2) is 47.3 Å². The van der Waals surface area contributed by atoms with Crippen molar-refractivity contribution in [2.45, 2.75) is 57.1 Å². The number of nitrogens with zero attached hydrogens (tertiary/aromatic N) is 1. The minimum absolute atomic E-state index is 0. The zero-order valence-corrected chi connectivity index (χ0v) is 15.5. The normalized spacial score (nSPS) is 28.0. The molecule has 1 saturated heterocycles. The third-order valence-corrected chi connectivity index (χ3v) is 5.14. The van der Waals surface area contributed by atoms with Crippen molar-refractivity contribution in [1.29, 1.82) is 0 Å². The van der Waals surface area contributed by atoms with Crippen molar-refractivity contribution in [3.63, 3.8) is 0 Å². The van der Waals surface area contributed by atoms with Gasteiger partial charge < -0.3 is 15.7 Å². The van der Waals surface area contributed by atoms with Gasteiger partial charge in [0.2, 0.25) is 0 Å². The van der Waals surface area contributed by atoms with Crippen LogP contribution in [-0.2, 0) is 0 Å². The second kappa shape index (κ2) is 9.35. The van der Waals surface area contributed by atoms with Crippen LogP contribution in [0.3, 0.4) is 0 Å². The average Bonchev–Trinajstić information content (AvgIpc) is 2.85. The van der Waals surface area contributed by atoms with Crippen LogP contribution >= 0.6 is 35.7 Å². The first-order valence-corrected chi connectivity index (χ1v) is 8.72. The maximum absolute atomic E-state index is 10.3. The molecule has 1 atom stereocenters. The lowest BCUT2D eigenvalue weighted by atomic mass is 9.96. The second-order valence-corrected chi connectivity index (χ2v) is 6.81. The predicted molar refractivity (Wildman–Crippen MR) is 98.3 cm³/mol. The molecule has 2 rings (SSSR count). The molecule has 1 aliphatic heterocycles. The topological polar surface area (TPSA) is 56.7 Å². The van der Waals surface area contributed by atoms with Crippen molar-refractivity contribution in [2.24, 2.45) is 4.99 Å². The van der Waals surface area contributed by atoms with Crippen LogP contribution in [0, 0.1) is 0 Å². The van der Waals surface area contributed by atoms with E-state index in [1.807, 2.05) is 11.8 Å². The molecule has 1 heterocycles. The Balaban J connectivity index is 0.00000200. The molecule has 4 nitrogen and oxygen atoms in total. The summed E-state index contributed by atoms with van der Waals surface area (Å²) < 4.78 is 0. The van der Waals surface area contributed by atoms with E-state index in [1.165, 1.54) is 32.1 Å². The first kappa shape index (κ1) is 18.4. The molecule has 2 aliphatic rings. The Morgan fingerprint density at radius 1 is 1.35 bits per heavy atom. The zero-order valence-electron chi connectivity index (χ0n) is 12.4. The summed E-state index contributed by atoms with van der Waals surface area (Å²) in [6.45, 7) is 3.46. The highest BCUT2D eigenvalue weighted by molar-refractivity contribution is 14.0. The van der Waals surface area contributed by atoms with E-state index < -0.39 is 5.60 Å². The minimum atomic E-state index is -0.584. The predicted octanol–water partition coefficient (Wildman–Crippen LogP) is 2.36. The Bertz CT molecular complexity index is 303. The fourth-order valence-corrected chi connectivity index (χ4v) is 3.99. The van der Waals surface area contributed by atoms with Crippen LogP contribution in [0.4, 0.5) is 0 Å². The van der Waals surface area contributed by atoms with Gasteiger partial charge in [0.15, 0.2) is 5.96 Å². The van der Waals surface area contributed by atoms with Gasteiger partial charge in [-0.3, -0.25) is 4.99 Å². The Morgan fingerprint density at radius 3 is 2.70 bits per heavy atom. The molecular weight excluding hydrogens is 385 g/mol. The van der Waals surface area contributed by atoms with Gasteiger partial charge in [0, 0.05) is 18.3 Å². The fraction of sp³-hybridized carbons (Fsp3) is 0.929. The van der Waals surface area contributed by atoms with Crippen molar-refractivity contribution in [3.8, 4) is 0 Å². The Morgan fingerprint density at radius 2 is 2.10 bits per heavy atom. The third kappa shape index (κ3) is 5.97. The van der Waals surface area contributed by atoms with Crippen LogP contribution < -0.4 is 10.6 Å². The highest BCUT2D eigenvalue weighted by Gasteiger charge is 2.31. The number of nitrogens with one attached hydrogen (secondary N) is 2. The van der Waals surface area contributed by atoms with Crippen molar-refractivity contribution in [2.75, 3.05) is 24.6 Å². The highest BCUT2D eigenvalue weighted by atomic mass is 127. The molecule has 1 aliphatic carbocycles. The van der Waals surface area contributed by atoms with E-state index in [4.69, 9.17) is 0 Å². The van der Waals surface area contributed by atoms with Crippen LogP contribution in [0.2, 0.25) is 0 Å². The SMILES string of the molecule is CCNC(=NCC1(O)CCSC1)NC1CCCCC1.I. The lowest BCUT2D eigenvalue weighted by Gasteiger charge is -2.26. The van der Waals surface area contributed by atoms with Gasteiger partial charge in [-0.15, -0.1) is 24.0 Å². The largest absolute Gasteiger partial charge is 0.387 e. The summed E-state index contributed by atoms with van der Waals surface area (Å²) in [5.74, 6) is 2.75. The van der Waals surface area contributed by atoms with Gasteiger partial charge in [0.05, 0.1) is 12.1 Å². The Labute approximate surface area is 144 Å². The number of hydrogen-bond donors (Lipinski definition) is 3. The molecule has 0 amide bonds. The summed E-state index contributed by atoms with van der Waals surface area (Å²) in [6, 6.07) is 0.555. The van der Waals surface area contributed by atoms with Gasteiger partial charge in [-0.05, 0) is 31.9 Å². The standard InChI is InChI=1S/C14H27N3OS.HI/c1-2-15-13(17-12-6-4-3-5-7-12)16-10-14(18)8-9-19-11-14;/h12,18H,2-11H2,1H3,(H2,15,16,17);1H. The van der Waals surface area contributed by atoms with Crippen molar-refractivity contribution < 1.29 is 5.11 Å². The molecule has 6 heteroatoms. The zero-order chi connectivity index (χ0) is 13.6. The Kier molecular flexibility index (Phi) is 8.59. The van der Waals surface area contributed by atoms with E-state index in [2.05, 4.69) is 22.5 Å². The van der Waals surface area contributed by atoms with E-state index in [0.29, 0.717) is 12.6 Å². The molecule has 0 spiro atoms. The quantitative estimate of drug-likeness (QED) is 0.376. The van der Waals surface area contributed by atoms with Crippen molar-refractivity contribution in [3.05, 3.63) is 0 Å². The minimum Gasteiger partial charge on any atom is -0.387 e. The van der Waals surface area contributed by atoms with E-state index >= 15 is 0 Å². The maximum Gasteiger partial charge on any atom is 0.191 e. The fourth-order valence-electron chi connectivity index (χ4n) is 2.71. The molecule has 0 radical (unpaired) electrons. The van der Waals surface area contributed by atoms with Gasteiger partial charge in [-0.2, -0.15) is 11.8 Å². The van der Waals surface area contributed by atoms with Crippen LogP contribution in [0.15, 0.2) is 4.99 Å². The number of halogens is 1. The molecule has 0 aromatic carbocycles. The number of hydrogen-bond acceptors (Lipinski definition) is 3. The highest BCUT2D eigenvalue weighted by Crippen LogP contribution is 2.27. The summed E-state index contributed by atoms with van der Waals surface area (Å²) in [6.07, 6.45) is 7.34. The van der Waals surface area contributed by atoms with E-state index in [9.17, 15) is 5.11 Å².